The quantitative estimate of drug-likeness (QED) is 0.671. The summed E-state index contributed by atoms with van der Waals surface area (Å²) in [5.41, 5.74) is 1.12. The molecule has 94 valence electrons. The van der Waals surface area contributed by atoms with Crippen molar-refractivity contribution in [2.45, 2.75) is 49.4 Å². The first-order valence-corrected chi connectivity index (χ1v) is 8.06. The van der Waals surface area contributed by atoms with E-state index in [4.69, 9.17) is 0 Å². The Morgan fingerprint density at radius 2 is 2.24 bits per heavy atom. The molecule has 17 heavy (non-hydrogen) atoms. The van der Waals surface area contributed by atoms with Crippen molar-refractivity contribution in [3.8, 4) is 0 Å². The molecule has 1 N–H and O–H groups in total. The predicted octanol–water partition coefficient (Wildman–Crippen LogP) is 3.50. The van der Waals surface area contributed by atoms with E-state index in [1.807, 2.05) is 16.8 Å². The molecule has 1 heterocycles. The van der Waals surface area contributed by atoms with Gasteiger partial charge in [0.05, 0.1) is 6.42 Å². The maximum atomic E-state index is 11.9. The van der Waals surface area contributed by atoms with Crippen LogP contribution in [0.15, 0.2) is 16.8 Å². The molecule has 2 unspecified atom stereocenters. The largest absolute Gasteiger partial charge is 0.352 e. The van der Waals surface area contributed by atoms with Gasteiger partial charge in [-0.15, -0.1) is 0 Å². The molecule has 0 aromatic carbocycles. The Hall–Kier alpha value is -0.350. The third-order valence-corrected chi connectivity index (χ3v) is 5.05. The Labute approximate surface area is 115 Å². The fraction of sp³-hybridized carbons (Fsp3) is 0.615. The number of hydrogen-bond acceptors (Lipinski definition) is 2. The van der Waals surface area contributed by atoms with Gasteiger partial charge in [0.25, 0.3) is 0 Å². The Balaban J connectivity index is 1.84. The van der Waals surface area contributed by atoms with Gasteiger partial charge in [-0.3, -0.25) is 4.79 Å². The summed E-state index contributed by atoms with van der Waals surface area (Å²) < 4.78 is 0. The monoisotopic (exact) mass is 315 g/mol. The van der Waals surface area contributed by atoms with Gasteiger partial charge in [0.2, 0.25) is 5.91 Å². The molecule has 2 atom stereocenters. The minimum absolute atomic E-state index is 0.153. The van der Waals surface area contributed by atoms with Crippen LogP contribution in [0.1, 0.15) is 37.7 Å². The second-order valence-electron chi connectivity index (χ2n) is 4.64. The zero-order chi connectivity index (χ0) is 12.1. The molecule has 0 bridgehead atoms. The lowest BCUT2D eigenvalue weighted by Crippen LogP contribution is -2.41. The fourth-order valence-electron chi connectivity index (χ4n) is 2.26. The van der Waals surface area contributed by atoms with E-state index in [-0.39, 0.29) is 5.91 Å². The minimum atomic E-state index is 0.153. The van der Waals surface area contributed by atoms with Crippen LogP contribution in [0.5, 0.6) is 0 Å². The number of alkyl halides is 1. The standard InChI is InChI=1S/C13H18BrNOS/c14-11-4-2-1-3-5-12(11)15-13(16)8-10-6-7-17-9-10/h6-7,9,11-12H,1-5,8H2,(H,15,16). The molecule has 0 aliphatic heterocycles. The van der Waals surface area contributed by atoms with E-state index in [2.05, 4.69) is 21.2 Å². The van der Waals surface area contributed by atoms with Gasteiger partial charge in [-0.25, -0.2) is 0 Å². The molecule has 0 saturated heterocycles. The molecule has 1 aromatic heterocycles. The highest BCUT2D eigenvalue weighted by atomic mass is 79.9. The summed E-state index contributed by atoms with van der Waals surface area (Å²) in [7, 11) is 0. The van der Waals surface area contributed by atoms with Gasteiger partial charge < -0.3 is 5.32 Å². The van der Waals surface area contributed by atoms with Gasteiger partial charge in [-0.05, 0) is 35.2 Å². The molecule has 1 fully saturated rings. The summed E-state index contributed by atoms with van der Waals surface area (Å²) in [5.74, 6) is 0.153. The molecule has 2 rings (SSSR count). The zero-order valence-electron chi connectivity index (χ0n) is 9.82. The van der Waals surface area contributed by atoms with E-state index in [0.717, 1.165) is 12.0 Å². The summed E-state index contributed by atoms with van der Waals surface area (Å²) in [6.45, 7) is 0. The number of rotatable bonds is 3. The third kappa shape index (κ3) is 4.11. The van der Waals surface area contributed by atoms with Gasteiger partial charge in [0, 0.05) is 10.9 Å². The number of carbonyl (C=O) groups is 1. The number of hydrogen-bond donors (Lipinski definition) is 1. The first kappa shape index (κ1) is 13.1. The van der Waals surface area contributed by atoms with Crippen LogP contribution in [-0.4, -0.2) is 16.8 Å². The fourth-order valence-corrected chi connectivity index (χ4v) is 3.65. The van der Waals surface area contributed by atoms with E-state index < -0.39 is 0 Å². The molecule has 1 aromatic rings. The lowest BCUT2D eigenvalue weighted by atomic mass is 10.1. The lowest BCUT2D eigenvalue weighted by molar-refractivity contribution is -0.121. The van der Waals surface area contributed by atoms with Crippen LogP contribution in [0.25, 0.3) is 0 Å². The zero-order valence-corrected chi connectivity index (χ0v) is 12.2. The number of halogens is 1. The Bertz CT molecular complexity index is 352. The lowest BCUT2D eigenvalue weighted by Gasteiger charge is -2.21. The number of nitrogens with one attached hydrogen (secondary N) is 1. The van der Waals surface area contributed by atoms with Crippen LogP contribution in [0, 0.1) is 0 Å². The SMILES string of the molecule is O=C(Cc1ccsc1)NC1CCCCCC1Br. The van der Waals surface area contributed by atoms with E-state index in [1.165, 1.54) is 25.7 Å². The summed E-state index contributed by atoms with van der Waals surface area (Å²) in [6.07, 6.45) is 6.58. The normalized spacial score (nSPS) is 25.2. The third-order valence-electron chi connectivity index (χ3n) is 3.22. The molecule has 0 spiro atoms. The molecule has 4 heteroatoms. The minimum Gasteiger partial charge on any atom is -0.352 e. The van der Waals surface area contributed by atoms with Crippen molar-refractivity contribution < 1.29 is 4.79 Å². The Kier molecular flexibility index (Phi) is 5.04. The van der Waals surface area contributed by atoms with E-state index in [1.54, 1.807) is 11.3 Å². The molecule has 2 nitrogen and oxygen atoms in total. The molecule has 0 radical (unpaired) electrons. The first-order chi connectivity index (χ1) is 8.25. The van der Waals surface area contributed by atoms with E-state index >= 15 is 0 Å². The molecule has 1 aliphatic rings. The van der Waals surface area contributed by atoms with Crippen LogP contribution >= 0.6 is 27.3 Å². The molecular weight excluding hydrogens is 298 g/mol. The van der Waals surface area contributed by atoms with E-state index in [9.17, 15) is 4.79 Å². The van der Waals surface area contributed by atoms with Crippen LogP contribution in [0.4, 0.5) is 0 Å². The summed E-state index contributed by atoms with van der Waals surface area (Å²) >= 11 is 5.34. The van der Waals surface area contributed by atoms with Crippen molar-refractivity contribution in [1.29, 1.82) is 0 Å². The Morgan fingerprint density at radius 3 is 3.00 bits per heavy atom. The maximum Gasteiger partial charge on any atom is 0.224 e. The average Bonchev–Trinajstić information content (AvgIpc) is 2.71. The van der Waals surface area contributed by atoms with Crippen LogP contribution in [-0.2, 0) is 11.2 Å². The van der Waals surface area contributed by atoms with Gasteiger partial charge in [0.1, 0.15) is 0 Å². The number of thiophene rings is 1. The highest BCUT2D eigenvalue weighted by Crippen LogP contribution is 2.23. The summed E-state index contributed by atoms with van der Waals surface area (Å²) in [4.78, 5) is 12.4. The van der Waals surface area contributed by atoms with Crippen molar-refractivity contribution in [1.82, 2.24) is 5.32 Å². The van der Waals surface area contributed by atoms with Crippen molar-refractivity contribution >= 4 is 33.2 Å². The molecular formula is C13H18BrNOS. The van der Waals surface area contributed by atoms with Gasteiger partial charge in [-0.1, -0.05) is 35.2 Å². The second-order valence-corrected chi connectivity index (χ2v) is 6.59. The van der Waals surface area contributed by atoms with Gasteiger partial charge in [-0.2, -0.15) is 11.3 Å². The highest BCUT2D eigenvalue weighted by molar-refractivity contribution is 9.09. The van der Waals surface area contributed by atoms with Crippen molar-refractivity contribution in [2.24, 2.45) is 0 Å². The van der Waals surface area contributed by atoms with Crippen molar-refractivity contribution in [2.75, 3.05) is 0 Å². The van der Waals surface area contributed by atoms with Crippen LogP contribution in [0.2, 0.25) is 0 Å². The van der Waals surface area contributed by atoms with E-state index in [0.29, 0.717) is 17.3 Å². The summed E-state index contributed by atoms with van der Waals surface area (Å²) in [5, 5.41) is 7.22. The number of amides is 1. The topological polar surface area (TPSA) is 29.1 Å². The molecule has 1 saturated carbocycles. The Morgan fingerprint density at radius 1 is 1.41 bits per heavy atom. The average molecular weight is 316 g/mol. The van der Waals surface area contributed by atoms with Gasteiger partial charge >= 0.3 is 0 Å². The summed E-state index contributed by atoms with van der Waals surface area (Å²) in [6, 6.07) is 2.33. The highest BCUT2D eigenvalue weighted by Gasteiger charge is 2.22. The van der Waals surface area contributed by atoms with Crippen molar-refractivity contribution in [3.05, 3.63) is 22.4 Å². The molecule has 1 amide bonds. The van der Waals surface area contributed by atoms with Crippen LogP contribution < -0.4 is 5.32 Å². The van der Waals surface area contributed by atoms with Gasteiger partial charge in [0.15, 0.2) is 0 Å². The van der Waals surface area contributed by atoms with Crippen molar-refractivity contribution in [3.63, 3.8) is 0 Å². The van der Waals surface area contributed by atoms with Crippen LogP contribution in [0.3, 0.4) is 0 Å². The maximum absolute atomic E-state index is 11.9. The smallest absolute Gasteiger partial charge is 0.224 e. The predicted molar refractivity (Wildman–Crippen MR) is 75.8 cm³/mol. The number of carbonyl (C=O) groups excluding carboxylic acids is 1. The first-order valence-electron chi connectivity index (χ1n) is 6.20. The second kappa shape index (κ2) is 6.55. The molecule has 1 aliphatic carbocycles.